The topological polar surface area (TPSA) is 18.5 Å². The predicted molar refractivity (Wildman–Crippen MR) is 83.2 cm³/mol. The number of hydrogen-bond acceptors (Lipinski definition) is 2. The molecule has 2 heteroatoms. The SMILES string of the molecule is C=C/C=C(\C=C)OCCCCOC(C)(C)CCCC. The zero-order valence-electron chi connectivity index (χ0n) is 12.9. The lowest BCUT2D eigenvalue weighted by Gasteiger charge is -2.25. The van der Waals surface area contributed by atoms with Gasteiger partial charge in [0.25, 0.3) is 0 Å². The molecule has 0 fully saturated rings. The molecule has 0 saturated carbocycles. The number of ether oxygens (including phenoxy) is 2. The second-order valence-corrected chi connectivity index (χ2v) is 5.28. The average Bonchev–Trinajstić information content (AvgIpc) is 2.39. The zero-order valence-corrected chi connectivity index (χ0v) is 12.9. The van der Waals surface area contributed by atoms with Crippen molar-refractivity contribution in [3.05, 3.63) is 37.1 Å². The Bertz CT molecular complexity index is 277. The van der Waals surface area contributed by atoms with Crippen molar-refractivity contribution in [2.45, 2.75) is 58.5 Å². The van der Waals surface area contributed by atoms with Gasteiger partial charge in [-0.3, -0.25) is 0 Å². The molecule has 0 atom stereocenters. The van der Waals surface area contributed by atoms with Gasteiger partial charge in [-0.15, -0.1) is 0 Å². The Hall–Kier alpha value is -1.02. The maximum absolute atomic E-state index is 5.91. The Morgan fingerprint density at radius 2 is 1.79 bits per heavy atom. The third kappa shape index (κ3) is 10.6. The highest BCUT2D eigenvalue weighted by molar-refractivity contribution is 5.14. The molecule has 0 spiro atoms. The van der Waals surface area contributed by atoms with E-state index in [4.69, 9.17) is 9.47 Å². The standard InChI is InChI=1S/C17H30O2/c1-6-9-13-17(4,5)19-15-11-10-14-18-16(8-3)12-7-2/h7-8,12H,2-3,6,9-11,13-15H2,1,4-5H3/b16-12+. The first-order valence-corrected chi connectivity index (χ1v) is 7.27. The highest BCUT2D eigenvalue weighted by atomic mass is 16.5. The minimum atomic E-state index is 0.00584. The van der Waals surface area contributed by atoms with Crippen LogP contribution in [-0.4, -0.2) is 18.8 Å². The summed E-state index contributed by atoms with van der Waals surface area (Å²) in [6.45, 7) is 15.4. The van der Waals surface area contributed by atoms with Crippen molar-refractivity contribution in [2.75, 3.05) is 13.2 Å². The van der Waals surface area contributed by atoms with Crippen molar-refractivity contribution in [2.24, 2.45) is 0 Å². The van der Waals surface area contributed by atoms with Crippen molar-refractivity contribution in [3.8, 4) is 0 Å². The Labute approximate surface area is 119 Å². The van der Waals surface area contributed by atoms with Gasteiger partial charge in [-0.1, -0.05) is 39.0 Å². The quantitative estimate of drug-likeness (QED) is 0.280. The molecule has 0 heterocycles. The number of rotatable bonds is 12. The van der Waals surface area contributed by atoms with E-state index in [-0.39, 0.29) is 5.60 Å². The predicted octanol–water partition coefficient (Wildman–Crippen LogP) is 5.02. The summed E-state index contributed by atoms with van der Waals surface area (Å²) in [5.74, 6) is 0.777. The van der Waals surface area contributed by atoms with E-state index in [2.05, 4.69) is 33.9 Å². The fourth-order valence-electron chi connectivity index (χ4n) is 1.71. The summed E-state index contributed by atoms with van der Waals surface area (Å²) < 4.78 is 11.5. The molecule has 0 saturated heterocycles. The first-order chi connectivity index (χ1) is 9.05. The van der Waals surface area contributed by atoms with E-state index in [0.717, 1.165) is 31.6 Å². The van der Waals surface area contributed by atoms with Crippen LogP contribution in [0.15, 0.2) is 37.1 Å². The summed E-state index contributed by atoms with van der Waals surface area (Å²) in [4.78, 5) is 0. The van der Waals surface area contributed by atoms with Crippen LogP contribution in [-0.2, 0) is 9.47 Å². The summed E-state index contributed by atoms with van der Waals surface area (Å²) in [5, 5.41) is 0. The van der Waals surface area contributed by atoms with Gasteiger partial charge in [0.1, 0.15) is 5.76 Å². The molecule has 2 nitrogen and oxygen atoms in total. The summed E-state index contributed by atoms with van der Waals surface area (Å²) in [6, 6.07) is 0. The van der Waals surface area contributed by atoms with E-state index in [1.165, 1.54) is 12.8 Å². The van der Waals surface area contributed by atoms with Gasteiger partial charge < -0.3 is 9.47 Å². The minimum Gasteiger partial charge on any atom is -0.494 e. The summed E-state index contributed by atoms with van der Waals surface area (Å²) in [5.41, 5.74) is 0.00584. The lowest BCUT2D eigenvalue weighted by Crippen LogP contribution is -2.24. The third-order valence-corrected chi connectivity index (χ3v) is 2.92. The molecule has 0 bridgehead atoms. The van der Waals surface area contributed by atoms with E-state index in [1.807, 2.05) is 6.08 Å². The van der Waals surface area contributed by atoms with Crippen LogP contribution < -0.4 is 0 Å². The first-order valence-electron chi connectivity index (χ1n) is 7.27. The molecular formula is C17H30O2. The average molecular weight is 266 g/mol. The maximum Gasteiger partial charge on any atom is 0.118 e. The largest absolute Gasteiger partial charge is 0.494 e. The number of unbranched alkanes of at least 4 members (excludes halogenated alkanes) is 2. The lowest BCUT2D eigenvalue weighted by atomic mass is 10.0. The van der Waals surface area contributed by atoms with E-state index in [0.29, 0.717) is 6.61 Å². The highest BCUT2D eigenvalue weighted by Crippen LogP contribution is 2.18. The normalized spacial score (nSPS) is 12.3. The third-order valence-electron chi connectivity index (χ3n) is 2.92. The smallest absolute Gasteiger partial charge is 0.118 e. The molecule has 0 aliphatic carbocycles. The minimum absolute atomic E-state index is 0.00584. The first kappa shape index (κ1) is 18.0. The van der Waals surface area contributed by atoms with Crippen LogP contribution in [0.25, 0.3) is 0 Å². The highest BCUT2D eigenvalue weighted by Gasteiger charge is 2.16. The van der Waals surface area contributed by atoms with E-state index in [1.54, 1.807) is 12.2 Å². The monoisotopic (exact) mass is 266 g/mol. The van der Waals surface area contributed by atoms with Gasteiger partial charge in [0.15, 0.2) is 0 Å². The van der Waals surface area contributed by atoms with Crippen molar-refractivity contribution in [1.29, 1.82) is 0 Å². The van der Waals surface area contributed by atoms with E-state index >= 15 is 0 Å². The molecule has 0 aliphatic rings. The fourth-order valence-corrected chi connectivity index (χ4v) is 1.71. The van der Waals surface area contributed by atoms with Crippen LogP contribution in [0.1, 0.15) is 52.9 Å². The van der Waals surface area contributed by atoms with Crippen LogP contribution in [0, 0.1) is 0 Å². The number of hydrogen-bond donors (Lipinski definition) is 0. The van der Waals surface area contributed by atoms with Crippen LogP contribution in [0.3, 0.4) is 0 Å². The van der Waals surface area contributed by atoms with Gasteiger partial charge in [0.05, 0.1) is 12.2 Å². The molecule has 0 radical (unpaired) electrons. The lowest BCUT2D eigenvalue weighted by molar-refractivity contribution is -0.0274. The molecule has 0 unspecified atom stereocenters. The van der Waals surface area contributed by atoms with Crippen molar-refractivity contribution in [3.63, 3.8) is 0 Å². The van der Waals surface area contributed by atoms with Gasteiger partial charge in [-0.25, -0.2) is 0 Å². The molecule has 19 heavy (non-hydrogen) atoms. The summed E-state index contributed by atoms with van der Waals surface area (Å²) in [6.07, 6.45) is 10.8. The molecule has 0 aromatic carbocycles. The van der Waals surface area contributed by atoms with Gasteiger partial charge in [0.2, 0.25) is 0 Å². The van der Waals surface area contributed by atoms with Gasteiger partial charge in [-0.05, 0) is 45.3 Å². The Balaban J connectivity index is 3.62. The summed E-state index contributed by atoms with van der Waals surface area (Å²) in [7, 11) is 0. The molecule has 110 valence electrons. The molecular weight excluding hydrogens is 236 g/mol. The second kappa shape index (κ2) is 10.9. The fraction of sp³-hybridized carbons (Fsp3) is 0.647. The Morgan fingerprint density at radius 3 is 2.37 bits per heavy atom. The summed E-state index contributed by atoms with van der Waals surface area (Å²) >= 11 is 0. The maximum atomic E-state index is 5.91. The van der Waals surface area contributed by atoms with Gasteiger partial charge >= 0.3 is 0 Å². The van der Waals surface area contributed by atoms with Crippen LogP contribution in [0.5, 0.6) is 0 Å². The Kier molecular flexibility index (Phi) is 10.3. The zero-order chi connectivity index (χ0) is 14.6. The molecule has 0 N–H and O–H groups in total. The molecule has 0 aromatic heterocycles. The van der Waals surface area contributed by atoms with Gasteiger partial charge in [-0.2, -0.15) is 0 Å². The Morgan fingerprint density at radius 1 is 1.11 bits per heavy atom. The second-order valence-electron chi connectivity index (χ2n) is 5.28. The number of allylic oxidation sites excluding steroid dienone is 3. The van der Waals surface area contributed by atoms with Crippen molar-refractivity contribution >= 4 is 0 Å². The molecule has 0 rings (SSSR count). The van der Waals surface area contributed by atoms with Gasteiger partial charge in [0, 0.05) is 6.61 Å². The van der Waals surface area contributed by atoms with Crippen molar-refractivity contribution in [1.82, 2.24) is 0 Å². The van der Waals surface area contributed by atoms with Crippen LogP contribution in [0.2, 0.25) is 0 Å². The molecule has 0 aromatic rings. The van der Waals surface area contributed by atoms with Crippen LogP contribution >= 0.6 is 0 Å². The van der Waals surface area contributed by atoms with E-state index in [9.17, 15) is 0 Å². The molecule has 0 amide bonds. The van der Waals surface area contributed by atoms with E-state index < -0.39 is 0 Å². The molecule has 0 aliphatic heterocycles. The van der Waals surface area contributed by atoms with Crippen molar-refractivity contribution < 1.29 is 9.47 Å². The van der Waals surface area contributed by atoms with Crippen LogP contribution in [0.4, 0.5) is 0 Å².